The van der Waals surface area contributed by atoms with Gasteiger partial charge >= 0.3 is 0 Å². The van der Waals surface area contributed by atoms with E-state index < -0.39 is 0 Å². The molecule has 0 aliphatic carbocycles. The Balaban J connectivity index is 2.89. The van der Waals surface area contributed by atoms with Crippen LogP contribution >= 0.6 is 0 Å². The van der Waals surface area contributed by atoms with Crippen LogP contribution in [0.4, 0.5) is 0 Å². The van der Waals surface area contributed by atoms with Crippen molar-refractivity contribution in [3.8, 4) is 0 Å². The first-order valence-electron chi connectivity index (χ1n) is 3.52. The summed E-state index contributed by atoms with van der Waals surface area (Å²) in [6, 6.07) is 8.48. The maximum absolute atomic E-state index is 2.12. The van der Waals surface area contributed by atoms with Crippen LogP contribution in [-0.4, -0.2) is 7.85 Å². The molecule has 0 aliphatic rings. The molecule has 0 atom stereocenters. The highest BCUT2D eigenvalue weighted by molar-refractivity contribution is 6.19. The van der Waals surface area contributed by atoms with E-state index >= 15 is 0 Å². The number of rotatable bonds is 1. The van der Waals surface area contributed by atoms with Crippen LogP contribution in [0.3, 0.4) is 0 Å². The van der Waals surface area contributed by atoms with Gasteiger partial charge in [-0.3, -0.25) is 0 Å². The van der Waals surface area contributed by atoms with E-state index in [1.165, 1.54) is 11.1 Å². The maximum atomic E-state index is 2.12. The van der Waals surface area contributed by atoms with Gasteiger partial charge in [-0.25, -0.2) is 0 Å². The fourth-order valence-corrected chi connectivity index (χ4v) is 0.870. The van der Waals surface area contributed by atoms with Crippen LogP contribution in [0.1, 0.15) is 11.1 Å². The summed E-state index contributed by atoms with van der Waals surface area (Å²) in [5.74, 6) is 2.05. The van der Waals surface area contributed by atoms with Gasteiger partial charge < -0.3 is 0 Å². The molecule has 0 fully saturated rings. The number of hydrogen-bond donors (Lipinski definition) is 0. The highest BCUT2D eigenvalue weighted by Gasteiger charge is 1.83. The van der Waals surface area contributed by atoms with Crippen LogP contribution in [0, 0.1) is 6.92 Å². The van der Waals surface area contributed by atoms with Crippen molar-refractivity contribution >= 4 is 13.9 Å². The molecule has 0 saturated carbocycles. The van der Waals surface area contributed by atoms with Gasteiger partial charge in [-0.2, -0.15) is 0 Å². The third-order valence-corrected chi connectivity index (χ3v) is 1.44. The van der Waals surface area contributed by atoms with E-state index in [1.54, 1.807) is 0 Å². The average Bonchev–Trinajstić information content (AvgIpc) is 1.95. The molecule has 0 radical (unpaired) electrons. The topological polar surface area (TPSA) is 0 Å². The van der Waals surface area contributed by atoms with E-state index in [0.29, 0.717) is 0 Å². The lowest BCUT2D eigenvalue weighted by molar-refractivity contribution is 1.46. The fraction of sp³-hybridized carbons (Fsp3) is 0.111. The molecule has 0 bridgehead atoms. The molecule has 1 aromatic carbocycles. The van der Waals surface area contributed by atoms with E-state index in [9.17, 15) is 0 Å². The van der Waals surface area contributed by atoms with Crippen molar-refractivity contribution in [3.05, 3.63) is 41.4 Å². The van der Waals surface area contributed by atoms with Crippen molar-refractivity contribution in [2.24, 2.45) is 0 Å². The summed E-state index contributed by atoms with van der Waals surface area (Å²) < 4.78 is 0. The molecular weight excluding hydrogens is 119 g/mol. The lowest BCUT2D eigenvalue weighted by Crippen LogP contribution is -1.72. The lowest BCUT2D eigenvalue weighted by Gasteiger charge is -1.92. The zero-order valence-corrected chi connectivity index (χ0v) is 6.46. The third-order valence-electron chi connectivity index (χ3n) is 1.44. The molecule has 1 aromatic rings. The number of benzene rings is 1. The number of aryl methyl sites for hydroxylation is 1. The van der Waals surface area contributed by atoms with Crippen molar-refractivity contribution in [1.29, 1.82) is 0 Å². The Bertz CT molecular complexity index is 221. The summed E-state index contributed by atoms with van der Waals surface area (Å²) in [6.07, 6.45) is 2.10. The minimum absolute atomic E-state index is 1.27. The molecule has 1 rings (SSSR count). The summed E-state index contributed by atoms with van der Waals surface area (Å²) in [4.78, 5) is 0. The van der Waals surface area contributed by atoms with Crippen molar-refractivity contribution in [1.82, 2.24) is 0 Å². The maximum Gasteiger partial charge on any atom is 0.129 e. The van der Waals surface area contributed by atoms with Gasteiger partial charge in [0, 0.05) is 0 Å². The van der Waals surface area contributed by atoms with E-state index in [4.69, 9.17) is 0 Å². The van der Waals surface area contributed by atoms with Gasteiger partial charge in [0.15, 0.2) is 0 Å². The molecule has 0 unspecified atom stereocenters. The van der Waals surface area contributed by atoms with Crippen LogP contribution in [0.5, 0.6) is 0 Å². The molecule has 1 heteroatoms. The van der Waals surface area contributed by atoms with Crippen molar-refractivity contribution in [2.75, 3.05) is 0 Å². The summed E-state index contributed by atoms with van der Waals surface area (Å²) in [5, 5.41) is 0. The van der Waals surface area contributed by atoms with E-state index in [1.807, 2.05) is 13.8 Å². The summed E-state index contributed by atoms with van der Waals surface area (Å²) in [7, 11) is 2.03. The monoisotopic (exact) mass is 130 g/mol. The molecule has 50 valence electrons. The SMILES string of the molecule is BC=Cc1ccc(C)cc1. The lowest BCUT2D eigenvalue weighted by atomic mass is 10.1. The van der Waals surface area contributed by atoms with Gasteiger partial charge in [0.25, 0.3) is 0 Å². The van der Waals surface area contributed by atoms with Crippen molar-refractivity contribution < 1.29 is 0 Å². The molecule has 0 amide bonds. The molecule has 0 aromatic heterocycles. The Labute approximate surface area is 63.0 Å². The fourth-order valence-electron chi connectivity index (χ4n) is 0.870. The van der Waals surface area contributed by atoms with Crippen LogP contribution in [-0.2, 0) is 0 Å². The zero-order chi connectivity index (χ0) is 7.40. The van der Waals surface area contributed by atoms with Crippen molar-refractivity contribution in [3.63, 3.8) is 0 Å². The van der Waals surface area contributed by atoms with Crippen LogP contribution < -0.4 is 0 Å². The molecule has 0 saturated heterocycles. The van der Waals surface area contributed by atoms with Gasteiger partial charge in [0.2, 0.25) is 0 Å². The van der Waals surface area contributed by atoms with E-state index in [0.717, 1.165) is 0 Å². The highest BCUT2D eigenvalue weighted by atomic mass is 13.9. The Kier molecular flexibility index (Phi) is 2.32. The van der Waals surface area contributed by atoms with Gasteiger partial charge in [0.1, 0.15) is 7.85 Å². The normalized spacial score (nSPS) is 10.5. The smallest absolute Gasteiger partial charge is 0.123 e. The number of hydrogen-bond acceptors (Lipinski definition) is 0. The minimum atomic E-state index is 1.27. The molecule has 0 spiro atoms. The van der Waals surface area contributed by atoms with Gasteiger partial charge in [-0.15, -0.1) is 5.98 Å². The second-order valence-electron chi connectivity index (χ2n) is 2.41. The summed E-state index contributed by atoms with van der Waals surface area (Å²) >= 11 is 0. The van der Waals surface area contributed by atoms with Crippen LogP contribution in [0.25, 0.3) is 6.08 Å². The second kappa shape index (κ2) is 3.26. The quantitative estimate of drug-likeness (QED) is 0.506. The average molecular weight is 130 g/mol. The van der Waals surface area contributed by atoms with Crippen LogP contribution in [0.15, 0.2) is 30.2 Å². The van der Waals surface area contributed by atoms with E-state index in [-0.39, 0.29) is 0 Å². The summed E-state index contributed by atoms with van der Waals surface area (Å²) in [6.45, 7) is 2.10. The van der Waals surface area contributed by atoms with Crippen LogP contribution in [0.2, 0.25) is 0 Å². The molecule has 0 N–H and O–H groups in total. The third kappa shape index (κ3) is 1.76. The molecule has 0 heterocycles. The van der Waals surface area contributed by atoms with E-state index in [2.05, 4.69) is 37.3 Å². The summed E-state index contributed by atoms with van der Waals surface area (Å²) in [5.41, 5.74) is 2.58. The van der Waals surface area contributed by atoms with Gasteiger partial charge in [-0.1, -0.05) is 35.9 Å². The zero-order valence-electron chi connectivity index (χ0n) is 6.46. The minimum Gasteiger partial charge on any atom is -0.123 e. The first-order valence-corrected chi connectivity index (χ1v) is 3.52. The van der Waals surface area contributed by atoms with Gasteiger partial charge in [0.05, 0.1) is 0 Å². The Hall–Kier alpha value is -0.975. The predicted octanol–water partition coefficient (Wildman–Crippen LogP) is 1.60. The molecule has 0 aliphatic heterocycles. The molecular formula is C9H11B. The Morgan fingerprint density at radius 2 is 1.80 bits per heavy atom. The highest BCUT2D eigenvalue weighted by Crippen LogP contribution is 2.03. The first kappa shape index (κ1) is 7.14. The molecule has 0 nitrogen and oxygen atoms in total. The standard InChI is InChI=1S/C9H11B/c1-8-2-4-9(5-3-8)6-7-10/h2-7H,10H2,1H3. The molecule has 10 heavy (non-hydrogen) atoms. The van der Waals surface area contributed by atoms with Crippen molar-refractivity contribution in [2.45, 2.75) is 6.92 Å². The largest absolute Gasteiger partial charge is 0.129 e. The Morgan fingerprint density at radius 3 is 2.30 bits per heavy atom. The Morgan fingerprint density at radius 1 is 1.20 bits per heavy atom. The first-order chi connectivity index (χ1) is 4.83. The second-order valence-corrected chi connectivity index (χ2v) is 2.41. The van der Waals surface area contributed by atoms with Gasteiger partial charge in [-0.05, 0) is 12.5 Å². The predicted molar refractivity (Wildman–Crippen MR) is 48.8 cm³/mol.